The molecule has 8 heteroatoms. The number of ether oxygens (including phenoxy) is 1. The number of hydrogen-bond donors (Lipinski definition) is 3. The van der Waals surface area contributed by atoms with Gasteiger partial charge < -0.3 is 21.1 Å². The van der Waals surface area contributed by atoms with Gasteiger partial charge in [-0.2, -0.15) is 5.10 Å². The molecule has 0 radical (unpaired) electrons. The van der Waals surface area contributed by atoms with Crippen LogP contribution in [0.3, 0.4) is 0 Å². The highest BCUT2D eigenvalue weighted by Crippen LogP contribution is 2.37. The van der Waals surface area contributed by atoms with Gasteiger partial charge in [0.1, 0.15) is 5.60 Å². The first kappa shape index (κ1) is 26.3. The van der Waals surface area contributed by atoms with Gasteiger partial charge in [-0.15, -0.1) is 0 Å². The van der Waals surface area contributed by atoms with Crippen LogP contribution in [0.2, 0.25) is 0 Å². The molecular formula is C24H44N6O2. The van der Waals surface area contributed by atoms with Gasteiger partial charge in [0.15, 0.2) is 0 Å². The molecule has 0 saturated heterocycles. The molecule has 32 heavy (non-hydrogen) atoms. The molecule has 0 aromatic rings. The highest BCUT2D eigenvalue weighted by molar-refractivity contribution is 5.93. The van der Waals surface area contributed by atoms with Gasteiger partial charge in [-0.05, 0) is 72.3 Å². The molecule has 1 amide bonds. The number of nitrogens with zero attached hydrogens (tertiary/aromatic N) is 3. The number of hydrogen-bond acceptors (Lipinski definition) is 7. The van der Waals surface area contributed by atoms with Crippen molar-refractivity contribution in [3.8, 4) is 0 Å². The lowest BCUT2D eigenvalue weighted by atomic mass is 9.80. The second-order valence-corrected chi connectivity index (χ2v) is 9.95. The number of hydrazone groups is 1. The van der Waals surface area contributed by atoms with Gasteiger partial charge in [0.25, 0.3) is 0 Å². The summed E-state index contributed by atoms with van der Waals surface area (Å²) >= 11 is 0. The molecule has 0 aromatic heterocycles. The summed E-state index contributed by atoms with van der Waals surface area (Å²) in [4.78, 5) is 16.4. The molecule has 0 aliphatic heterocycles. The Morgan fingerprint density at radius 1 is 1.34 bits per heavy atom. The van der Waals surface area contributed by atoms with Gasteiger partial charge in [0.05, 0.1) is 6.04 Å². The number of nitrogens with two attached hydrogens (primary N) is 1. The van der Waals surface area contributed by atoms with Crippen LogP contribution >= 0.6 is 0 Å². The zero-order valence-electron chi connectivity index (χ0n) is 20.6. The average molecular weight is 449 g/mol. The fourth-order valence-corrected chi connectivity index (χ4v) is 4.13. The second kappa shape index (κ2) is 12.3. The Balaban J connectivity index is 2.00. The van der Waals surface area contributed by atoms with E-state index in [-0.39, 0.29) is 17.9 Å². The summed E-state index contributed by atoms with van der Waals surface area (Å²) in [7, 11) is 1.97. The van der Waals surface area contributed by atoms with Crippen LogP contribution in [-0.2, 0) is 4.74 Å². The maximum absolute atomic E-state index is 11.9. The molecule has 8 nitrogen and oxygen atoms in total. The lowest BCUT2D eigenvalue weighted by Crippen LogP contribution is -2.46. The van der Waals surface area contributed by atoms with E-state index in [1.807, 2.05) is 52.2 Å². The van der Waals surface area contributed by atoms with Crippen molar-refractivity contribution < 1.29 is 9.53 Å². The van der Waals surface area contributed by atoms with E-state index >= 15 is 0 Å². The molecule has 4 N–H and O–H groups in total. The normalized spacial score (nSPS) is 23.4. The van der Waals surface area contributed by atoms with E-state index in [4.69, 9.17) is 15.6 Å². The Bertz CT molecular complexity index is 662. The van der Waals surface area contributed by atoms with Gasteiger partial charge in [0, 0.05) is 56.1 Å². The van der Waals surface area contributed by atoms with Crippen molar-refractivity contribution >= 4 is 18.0 Å². The summed E-state index contributed by atoms with van der Waals surface area (Å²) < 4.78 is 5.32. The van der Waals surface area contributed by atoms with Gasteiger partial charge in [0.2, 0.25) is 0 Å². The van der Waals surface area contributed by atoms with E-state index < -0.39 is 5.60 Å². The molecule has 0 aromatic carbocycles. The Hall–Kier alpha value is -1.93. The van der Waals surface area contributed by atoms with E-state index in [0.29, 0.717) is 31.0 Å². The zero-order chi connectivity index (χ0) is 23.7. The first-order chi connectivity index (χ1) is 15.2. The third-order valence-electron chi connectivity index (χ3n) is 6.00. The molecule has 2 atom stereocenters. The summed E-state index contributed by atoms with van der Waals surface area (Å²) in [5.74, 6) is 1.33. The second-order valence-electron chi connectivity index (χ2n) is 9.95. The minimum atomic E-state index is -0.479. The number of alkyl carbamates (subject to hydrolysis) is 1. The Kier molecular flexibility index (Phi) is 10.2. The Labute approximate surface area is 194 Å². The van der Waals surface area contributed by atoms with Crippen molar-refractivity contribution in [2.75, 3.05) is 33.2 Å². The van der Waals surface area contributed by atoms with Crippen LogP contribution in [0, 0.1) is 23.7 Å². The number of carbonyl (C=O) groups is 1. The largest absolute Gasteiger partial charge is 0.444 e. The molecule has 0 bridgehead atoms. The van der Waals surface area contributed by atoms with E-state index in [0.717, 1.165) is 25.9 Å². The van der Waals surface area contributed by atoms with Crippen LogP contribution in [-0.4, -0.2) is 67.9 Å². The number of carbonyl (C=O) groups excluding carboxylic acids is 1. The highest BCUT2D eigenvalue weighted by Gasteiger charge is 2.38. The van der Waals surface area contributed by atoms with Crippen molar-refractivity contribution in [3.05, 3.63) is 12.8 Å². The summed E-state index contributed by atoms with van der Waals surface area (Å²) in [6.45, 7) is 14.4. The van der Waals surface area contributed by atoms with Gasteiger partial charge >= 0.3 is 6.09 Å². The quantitative estimate of drug-likeness (QED) is 0.297. The zero-order valence-corrected chi connectivity index (χ0v) is 20.6. The van der Waals surface area contributed by atoms with Crippen molar-refractivity contribution in [2.24, 2.45) is 39.5 Å². The smallest absolute Gasteiger partial charge is 0.407 e. The molecule has 0 heterocycles. The summed E-state index contributed by atoms with van der Waals surface area (Å²) in [5, 5.41) is 13.4. The summed E-state index contributed by atoms with van der Waals surface area (Å²) in [6, 6.07) is 0.308. The third kappa shape index (κ3) is 8.20. The van der Waals surface area contributed by atoms with Crippen molar-refractivity contribution in [3.63, 3.8) is 0 Å². The Morgan fingerprint density at radius 3 is 2.53 bits per heavy atom. The van der Waals surface area contributed by atoms with E-state index in [1.165, 1.54) is 18.6 Å². The molecule has 2 unspecified atom stereocenters. The number of amides is 1. The minimum Gasteiger partial charge on any atom is -0.444 e. The predicted molar refractivity (Wildman–Crippen MR) is 132 cm³/mol. The van der Waals surface area contributed by atoms with Crippen LogP contribution in [0.4, 0.5) is 4.79 Å². The van der Waals surface area contributed by atoms with Gasteiger partial charge in [-0.1, -0.05) is 6.58 Å². The maximum Gasteiger partial charge on any atom is 0.407 e. The maximum atomic E-state index is 11.9. The molecule has 2 aliphatic carbocycles. The van der Waals surface area contributed by atoms with Crippen molar-refractivity contribution in [1.29, 1.82) is 0 Å². The first-order valence-corrected chi connectivity index (χ1v) is 12.0. The van der Waals surface area contributed by atoms with Crippen LogP contribution < -0.4 is 16.4 Å². The third-order valence-corrected chi connectivity index (χ3v) is 6.00. The lowest BCUT2D eigenvalue weighted by Gasteiger charge is -2.41. The summed E-state index contributed by atoms with van der Waals surface area (Å²) in [6.07, 6.45) is 7.79. The van der Waals surface area contributed by atoms with Crippen LogP contribution in [0.1, 0.15) is 53.4 Å². The molecule has 2 fully saturated rings. The SMILES string of the molecule is C=CN(/N=C(/C1CC1)C(CNC)C(C=NCC)CN)C1CC(CNC(=O)OC(C)(C)C)C1. The van der Waals surface area contributed by atoms with Crippen molar-refractivity contribution in [1.82, 2.24) is 15.6 Å². The monoisotopic (exact) mass is 448 g/mol. The van der Waals surface area contributed by atoms with E-state index in [1.54, 1.807) is 0 Å². The topological polar surface area (TPSA) is 104 Å². The number of rotatable bonds is 13. The first-order valence-electron chi connectivity index (χ1n) is 12.0. The van der Waals surface area contributed by atoms with E-state index in [9.17, 15) is 4.79 Å². The Morgan fingerprint density at radius 2 is 2.03 bits per heavy atom. The fourth-order valence-electron chi connectivity index (χ4n) is 4.13. The average Bonchev–Trinajstić information content (AvgIpc) is 3.52. The van der Waals surface area contributed by atoms with E-state index in [2.05, 4.69) is 22.2 Å². The van der Waals surface area contributed by atoms with Crippen molar-refractivity contribution in [2.45, 2.75) is 65.0 Å². The molecule has 0 spiro atoms. The summed E-state index contributed by atoms with van der Waals surface area (Å²) in [5.41, 5.74) is 6.86. The molecule has 2 saturated carbocycles. The fraction of sp³-hybridized carbons (Fsp3) is 0.792. The molecule has 182 valence electrons. The number of nitrogens with one attached hydrogen (secondary N) is 2. The molecular weight excluding hydrogens is 404 g/mol. The molecule has 2 rings (SSSR count). The standard InChI is InChI=1S/C24H44N6O2/c1-7-27-15-19(13-25)21(16-26-6)22(18-9-10-18)29-30(8-2)20-11-17(12-20)14-28-23(31)32-24(3,4)5/h8,15,17-21,26H,2,7,9-14,16,25H2,1,3-6H3,(H,28,31)/b27-15?,29-22-. The van der Waals surface area contributed by atoms with Gasteiger partial charge in [-0.3, -0.25) is 10.0 Å². The predicted octanol–water partition coefficient (Wildman–Crippen LogP) is 3.00. The lowest BCUT2D eigenvalue weighted by molar-refractivity contribution is 0.0484. The molecule has 2 aliphatic rings. The highest BCUT2D eigenvalue weighted by atomic mass is 16.6. The van der Waals surface area contributed by atoms with Crippen LogP contribution in [0.5, 0.6) is 0 Å². The van der Waals surface area contributed by atoms with Gasteiger partial charge in [-0.25, -0.2) is 4.79 Å². The van der Waals surface area contributed by atoms with Crippen LogP contribution in [0.25, 0.3) is 0 Å². The minimum absolute atomic E-state index is 0.167. The van der Waals surface area contributed by atoms with Crippen LogP contribution in [0.15, 0.2) is 22.9 Å². The number of aliphatic imine (C=N–C) groups is 1.